The average molecular weight is 304 g/mol. The van der Waals surface area contributed by atoms with Crippen LogP contribution in [0.4, 0.5) is 5.69 Å². The third-order valence-electron chi connectivity index (χ3n) is 2.84. The molecule has 0 spiro atoms. The van der Waals surface area contributed by atoms with Gasteiger partial charge in [-0.1, -0.05) is 40.2 Å². The molecule has 2 aromatic rings. The van der Waals surface area contributed by atoms with Gasteiger partial charge in [-0.2, -0.15) is 0 Å². The fraction of sp³-hybridized carbons (Fsp3) is 0.0714. The van der Waals surface area contributed by atoms with Crippen LogP contribution < -0.4 is 10.1 Å². The Labute approximate surface area is 113 Å². The van der Waals surface area contributed by atoms with E-state index in [1.165, 1.54) is 0 Å². The first-order valence-corrected chi connectivity index (χ1v) is 6.36. The molecular weight excluding hydrogens is 294 g/mol. The standard InChI is InChI=1S/C14H10BrNO2/c15-10-7-5-9(6-8-10)13-14(17)18-12-4-2-1-3-11(12)16-13/h1-8,13,16H/t13-/m0/s1. The third kappa shape index (κ3) is 1.99. The van der Waals surface area contributed by atoms with Gasteiger partial charge >= 0.3 is 5.97 Å². The summed E-state index contributed by atoms with van der Waals surface area (Å²) in [6.45, 7) is 0. The highest BCUT2D eigenvalue weighted by atomic mass is 79.9. The Balaban J connectivity index is 1.95. The lowest BCUT2D eigenvalue weighted by Crippen LogP contribution is -2.29. The van der Waals surface area contributed by atoms with Crippen LogP contribution in [-0.4, -0.2) is 5.97 Å². The molecule has 90 valence electrons. The summed E-state index contributed by atoms with van der Waals surface area (Å²) in [6.07, 6.45) is 0. The highest BCUT2D eigenvalue weighted by molar-refractivity contribution is 9.10. The zero-order chi connectivity index (χ0) is 12.5. The van der Waals surface area contributed by atoms with Crippen molar-refractivity contribution in [2.75, 3.05) is 5.32 Å². The van der Waals surface area contributed by atoms with Crippen molar-refractivity contribution in [3.8, 4) is 5.75 Å². The van der Waals surface area contributed by atoms with E-state index in [4.69, 9.17) is 4.74 Å². The Morgan fingerprint density at radius 3 is 2.56 bits per heavy atom. The molecule has 2 aromatic carbocycles. The second kappa shape index (κ2) is 4.46. The molecule has 1 heterocycles. The zero-order valence-corrected chi connectivity index (χ0v) is 11.0. The Bertz CT molecular complexity index is 595. The van der Waals surface area contributed by atoms with Gasteiger partial charge in [0.2, 0.25) is 0 Å². The molecule has 0 radical (unpaired) electrons. The van der Waals surface area contributed by atoms with Gasteiger partial charge in [0.1, 0.15) is 0 Å². The number of ether oxygens (including phenoxy) is 1. The van der Waals surface area contributed by atoms with Crippen molar-refractivity contribution >= 4 is 27.6 Å². The molecule has 0 aromatic heterocycles. The molecule has 0 aliphatic carbocycles. The van der Waals surface area contributed by atoms with Crippen molar-refractivity contribution in [2.24, 2.45) is 0 Å². The van der Waals surface area contributed by atoms with Crippen molar-refractivity contribution < 1.29 is 9.53 Å². The van der Waals surface area contributed by atoms with Gasteiger partial charge in [0.15, 0.2) is 11.8 Å². The summed E-state index contributed by atoms with van der Waals surface area (Å²) >= 11 is 3.37. The van der Waals surface area contributed by atoms with Crippen LogP contribution >= 0.6 is 15.9 Å². The number of para-hydroxylation sites is 2. The molecule has 0 unspecified atom stereocenters. The van der Waals surface area contributed by atoms with Gasteiger partial charge in [0.25, 0.3) is 0 Å². The third-order valence-corrected chi connectivity index (χ3v) is 3.37. The van der Waals surface area contributed by atoms with Gasteiger partial charge in [0.05, 0.1) is 5.69 Å². The summed E-state index contributed by atoms with van der Waals surface area (Å²) in [5.41, 5.74) is 1.72. The van der Waals surface area contributed by atoms with Gasteiger partial charge in [-0.15, -0.1) is 0 Å². The molecule has 3 nitrogen and oxygen atoms in total. The Kier molecular flexibility index (Phi) is 2.80. The average Bonchev–Trinajstić information content (AvgIpc) is 2.39. The normalized spacial score (nSPS) is 17.6. The monoisotopic (exact) mass is 303 g/mol. The van der Waals surface area contributed by atoms with Crippen molar-refractivity contribution in [1.29, 1.82) is 0 Å². The number of anilines is 1. The lowest BCUT2D eigenvalue weighted by atomic mass is 10.1. The molecule has 1 atom stereocenters. The minimum atomic E-state index is -0.451. The number of fused-ring (bicyclic) bond motifs is 1. The predicted molar refractivity (Wildman–Crippen MR) is 72.6 cm³/mol. The maximum atomic E-state index is 11.9. The molecule has 0 bridgehead atoms. The van der Waals surface area contributed by atoms with Gasteiger partial charge in [-0.3, -0.25) is 0 Å². The summed E-state index contributed by atoms with van der Waals surface area (Å²) in [5, 5.41) is 3.19. The van der Waals surface area contributed by atoms with Gasteiger partial charge in [-0.05, 0) is 29.8 Å². The highest BCUT2D eigenvalue weighted by Gasteiger charge is 2.28. The minimum Gasteiger partial charge on any atom is -0.423 e. The minimum absolute atomic E-state index is 0.281. The Hall–Kier alpha value is -1.81. The molecule has 0 saturated carbocycles. The van der Waals surface area contributed by atoms with Gasteiger partial charge in [0, 0.05) is 4.47 Å². The molecular formula is C14H10BrNO2. The van der Waals surface area contributed by atoms with Crippen LogP contribution in [0.15, 0.2) is 53.0 Å². The van der Waals surface area contributed by atoms with E-state index < -0.39 is 6.04 Å². The van der Waals surface area contributed by atoms with E-state index >= 15 is 0 Å². The van der Waals surface area contributed by atoms with Gasteiger partial charge in [-0.25, -0.2) is 4.79 Å². The molecule has 1 aliphatic heterocycles. The number of benzene rings is 2. The smallest absolute Gasteiger partial charge is 0.338 e. The van der Waals surface area contributed by atoms with E-state index in [1.54, 1.807) is 6.07 Å². The molecule has 4 heteroatoms. The van der Waals surface area contributed by atoms with Crippen LogP contribution in [0.1, 0.15) is 11.6 Å². The predicted octanol–water partition coefficient (Wildman–Crippen LogP) is 3.52. The maximum absolute atomic E-state index is 11.9. The van der Waals surface area contributed by atoms with Crippen molar-refractivity contribution in [2.45, 2.75) is 6.04 Å². The number of carbonyl (C=O) groups is 1. The van der Waals surface area contributed by atoms with E-state index in [0.717, 1.165) is 15.7 Å². The van der Waals surface area contributed by atoms with Gasteiger partial charge < -0.3 is 10.1 Å². The van der Waals surface area contributed by atoms with Crippen molar-refractivity contribution in [1.82, 2.24) is 0 Å². The lowest BCUT2D eigenvalue weighted by molar-refractivity contribution is -0.136. The van der Waals surface area contributed by atoms with Crippen LogP contribution in [0, 0.1) is 0 Å². The SMILES string of the molecule is O=C1Oc2ccccc2N[C@H]1c1ccc(Br)cc1. The number of hydrogen-bond acceptors (Lipinski definition) is 3. The summed E-state index contributed by atoms with van der Waals surface area (Å²) in [7, 11) is 0. The zero-order valence-electron chi connectivity index (χ0n) is 9.39. The first-order valence-electron chi connectivity index (χ1n) is 5.57. The molecule has 1 aliphatic rings. The first kappa shape index (κ1) is 11.3. The number of esters is 1. The maximum Gasteiger partial charge on any atom is 0.338 e. The fourth-order valence-electron chi connectivity index (χ4n) is 1.93. The first-order chi connectivity index (χ1) is 8.74. The Morgan fingerprint density at radius 1 is 1.06 bits per heavy atom. The number of hydrogen-bond donors (Lipinski definition) is 1. The lowest BCUT2D eigenvalue weighted by Gasteiger charge is -2.25. The topological polar surface area (TPSA) is 38.3 Å². The van der Waals surface area contributed by atoms with Crippen LogP contribution in [0.3, 0.4) is 0 Å². The van der Waals surface area contributed by atoms with E-state index in [-0.39, 0.29) is 5.97 Å². The van der Waals surface area contributed by atoms with E-state index in [0.29, 0.717) is 5.75 Å². The quantitative estimate of drug-likeness (QED) is 0.647. The molecule has 0 saturated heterocycles. The Morgan fingerprint density at radius 2 is 1.78 bits per heavy atom. The molecule has 1 N–H and O–H groups in total. The summed E-state index contributed by atoms with van der Waals surface area (Å²) < 4.78 is 6.30. The van der Waals surface area contributed by atoms with Crippen LogP contribution in [0.2, 0.25) is 0 Å². The summed E-state index contributed by atoms with van der Waals surface area (Å²) in [5.74, 6) is 0.298. The van der Waals surface area contributed by atoms with Crippen LogP contribution in [-0.2, 0) is 4.79 Å². The van der Waals surface area contributed by atoms with Crippen LogP contribution in [0.25, 0.3) is 0 Å². The number of carbonyl (C=O) groups excluding carboxylic acids is 1. The molecule has 3 rings (SSSR count). The molecule has 0 fully saturated rings. The van der Waals surface area contributed by atoms with Crippen molar-refractivity contribution in [3.05, 3.63) is 58.6 Å². The second-order valence-corrected chi connectivity index (χ2v) is 4.96. The molecule has 18 heavy (non-hydrogen) atoms. The second-order valence-electron chi connectivity index (χ2n) is 4.05. The highest BCUT2D eigenvalue weighted by Crippen LogP contribution is 2.34. The number of halogens is 1. The molecule has 0 amide bonds. The van der Waals surface area contributed by atoms with Crippen molar-refractivity contribution in [3.63, 3.8) is 0 Å². The van der Waals surface area contributed by atoms with Crippen LogP contribution in [0.5, 0.6) is 5.75 Å². The van der Waals surface area contributed by atoms with E-state index in [9.17, 15) is 4.79 Å². The number of rotatable bonds is 1. The number of nitrogens with one attached hydrogen (secondary N) is 1. The largest absolute Gasteiger partial charge is 0.423 e. The fourth-order valence-corrected chi connectivity index (χ4v) is 2.20. The van der Waals surface area contributed by atoms with E-state index in [1.807, 2.05) is 42.5 Å². The van der Waals surface area contributed by atoms with E-state index in [2.05, 4.69) is 21.2 Å². The summed E-state index contributed by atoms with van der Waals surface area (Å²) in [4.78, 5) is 11.9. The summed E-state index contributed by atoms with van der Waals surface area (Å²) in [6, 6.07) is 14.6.